The van der Waals surface area contributed by atoms with Gasteiger partial charge in [-0.05, 0) is 33.1 Å². The fraction of sp³-hybridized carbons (Fsp3) is 0.913. The smallest absolute Gasteiger partial charge is 0.303 e. The molecule has 1 amide bonds. The summed E-state index contributed by atoms with van der Waals surface area (Å²) in [7, 11) is 0. The molecule has 0 aliphatic carbocycles. The van der Waals surface area contributed by atoms with Crippen LogP contribution in [0.5, 0.6) is 0 Å². The summed E-state index contributed by atoms with van der Waals surface area (Å²) in [5, 5.41) is 8.58. The highest BCUT2D eigenvalue weighted by Crippen LogP contribution is 2.14. The Hall–Kier alpha value is -1.06. The van der Waals surface area contributed by atoms with Crippen LogP contribution >= 0.6 is 0 Å². The van der Waals surface area contributed by atoms with Gasteiger partial charge in [-0.3, -0.25) is 9.59 Å². The molecule has 160 valence electrons. The molecule has 0 radical (unpaired) electrons. The number of carbonyl (C=O) groups is 2. The average molecular weight is 384 g/mol. The molecular formula is C23H45NO3. The standard InChI is InChI=1S/C23H45NO3/c1-4-18-22(25)24(21(2)3)20-17-15-13-11-9-7-5-6-8-10-12-14-16-19-23(26)27/h21H,4-20H2,1-3H3,(H,26,27). The highest BCUT2D eigenvalue weighted by Gasteiger charge is 2.14. The van der Waals surface area contributed by atoms with Gasteiger partial charge < -0.3 is 10.0 Å². The van der Waals surface area contributed by atoms with Gasteiger partial charge in [0.1, 0.15) is 0 Å². The van der Waals surface area contributed by atoms with Gasteiger partial charge in [-0.1, -0.05) is 77.6 Å². The molecule has 0 aromatic heterocycles. The Morgan fingerprint density at radius 2 is 1.11 bits per heavy atom. The number of carbonyl (C=O) groups excluding carboxylic acids is 1. The molecule has 1 N–H and O–H groups in total. The summed E-state index contributed by atoms with van der Waals surface area (Å²) in [6, 6.07) is 0.321. The highest BCUT2D eigenvalue weighted by molar-refractivity contribution is 5.76. The van der Waals surface area contributed by atoms with Crippen LogP contribution in [-0.2, 0) is 9.59 Å². The largest absolute Gasteiger partial charge is 0.481 e. The van der Waals surface area contributed by atoms with E-state index < -0.39 is 5.97 Å². The van der Waals surface area contributed by atoms with Crippen LogP contribution in [0.15, 0.2) is 0 Å². The molecule has 4 heteroatoms. The van der Waals surface area contributed by atoms with Crippen LogP contribution in [0.2, 0.25) is 0 Å². The average Bonchev–Trinajstić information content (AvgIpc) is 2.61. The van der Waals surface area contributed by atoms with Crippen molar-refractivity contribution >= 4 is 11.9 Å². The van der Waals surface area contributed by atoms with Crippen molar-refractivity contribution in [2.75, 3.05) is 6.54 Å². The summed E-state index contributed by atoms with van der Waals surface area (Å²) in [5.41, 5.74) is 0. The SMILES string of the molecule is CCCC(=O)N(CCCCCCCCCCCCCCCC(=O)O)C(C)C. The zero-order valence-electron chi connectivity index (χ0n) is 18.3. The number of nitrogens with zero attached hydrogens (tertiary/aromatic N) is 1. The van der Waals surface area contributed by atoms with Gasteiger partial charge in [0.05, 0.1) is 0 Å². The molecule has 4 nitrogen and oxygen atoms in total. The summed E-state index contributed by atoms with van der Waals surface area (Å²) in [5.74, 6) is -0.355. The number of hydrogen-bond acceptors (Lipinski definition) is 2. The molecule has 0 saturated heterocycles. The van der Waals surface area contributed by atoms with Gasteiger partial charge in [0, 0.05) is 25.4 Å². The fourth-order valence-electron chi connectivity index (χ4n) is 3.53. The molecule has 0 aliphatic heterocycles. The second-order valence-corrected chi connectivity index (χ2v) is 8.17. The molecule has 0 heterocycles. The third-order valence-electron chi connectivity index (χ3n) is 5.20. The van der Waals surface area contributed by atoms with Gasteiger partial charge >= 0.3 is 5.97 Å². The molecule has 27 heavy (non-hydrogen) atoms. The monoisotopic (exact) mass is 383 g/mol. The molecule has 0 aliphatic rings. The molecule has 0 fully saturated rings. The number of hydrogen-bond donors (Lipinski definition) is 1. The first-order valence-corrected chi connectivity index (χ1v) is 11.5. The van der Waals surface area contributed by atoms with Crippen molar-refractivity contribution in [2.45, 2.75) is 130 Å². The van der Waals surface area contributed by atoms with E-state index in [2.05, 4.69) is 20.8 Å². The van der Waals surface area contributed by atoms with E-state index in [0.29, 0.717) is 24.8 Å². The van der Waals surface area contributed by atoms with Crippen LogP contribution in [0.1, 0.15) is 124 Å². The van der Waals surface area contributed by atoms with Crippen molar-refractivity contribution in [3.05, 3.63) is 0 Å². The van der Waals surface area contributed by atoms with Crippen molar-refractivity contribution < 1.29 is 14.7 Å². The highest BCUT2D eigenvalue weighted by atomic mass is 16.4. The number of carboxylic acid groups (broad SMARTS) is 1. The van der Waals surface area contributed by atoms with E-state index in [1.165, 1.54) is 64.2 Å². The van der Waals surface area contributed by atoms with Crippen LogP contribution in [0, 0.1) is 0 Å². The zero-order valence-corrected chi connectivity index (χ0v) is 18.3. The van der Waals surface area contributed by atoms with Gasteiger partial charge in [0.25, 0.3) is 0 Å². The second kappa shape index (κ2) is 18.3. The van der Waals surface area contributed by atoms with Crippen LogP contribution in [0.25, 0.3) is 0 Å². The predicted octanol–water partition coefficient (Wildman–Crippen LogP) is 6.57. The van der Waals surface area contributed by atoms with E-state index in [1.54, 1.807) is 0 Å². The van der Waals surface area contributed by atoms with E-state index in [0.717, 1.165) is 32.2 Å². The molecule has 0 bridgehead atoms. The predicted molar refractivity (Wildman–Crippen MR) is 114 cm³/mol. The third kappa shape index (κ3) is 16.8. The molecule has 0 saturated carbocycles. The summed E-state index contributed by atoms with van der Waals surface area (Å²) in [6.07, 6.45) is 17.9. The van der Waals surface area contributed by atoms with E-state index in [4.69, 9.17) is 5.11 Å². The Bertz CT molecular complexity index is 369. The zero-order chi connectivity index (χ0) is 20.3. The Morgan fingerprint density at radius 1 is 0.704 bits per heavy atom. The van der Waals surface area contributed by atoms with Crippen LogP contribution < -0.4 is 0 Å². The molecule has 0 aromatic rings. The molecular weight excluding hydrogens is 338 g/mol. The van der Waals surface area contributed by atoms with Crippen molar-refractivity contribution in [1.29, 1.82) is 0 Å². The van der Waals surface area contributed by atoms with Crippen molar-refractivity contribution in [2.24, 2.45) is 0 Å². The van der Waals surface area contributed by atoms with E-state index in [9.17, 15) is 9.59 Å². The van der Waals surface area contributed by atoms with Crippen LogP contribution in [-0.4, -0.2) is 34.5 Å². The lowest BCUT2D eigenvalue weighted by atomic mass is 10.0. The fourth-order valence-corrected chi connectivity index (χ4v) is 3.53. The van der Waals surface area contributed by atoms with E-state index >= 15 is 0 Å². The number of aliphatic carboxylic acids is 1. The van der Waals surface area contributed by atoms with Gasteiger partial charge in [-0.15, -0.1) is 0 Å². The molecule has 0 atom stereocenters. The number of unbranched alkanes of at least 4 members (excludes halogenated alkanes) is 12. The van der Waals surface area contributed by atoms with Crippen LogP contribution in [0.3, 0.4) is 0 Å². The Morgan fingerprint density at radius 3 is 1.48 bits per heavy atom. The van der Waals surface area contributed by atoms with Gasteiger partial charge in [-0.25, -0.2) is 0 Å². The van der Waals surface area contributed by atoms with Gasteiger partial charge in [-0.2, -0.15) is 0 Å². The first-order valence-electron chi connectivity index (χ1n) is 11.5. The van der Waals surface area contributed by atoms with Gasteiger partial charge in [0.15, 0.2) is 0 Å². The topological polar surface area (TPSA) is 57.6 Å². The third-order valence-corrected chi connectivity index (χ3v) is 5.20. The Kier molecular flexibility index (Phi) is 17.6. The molecule has 0 rings (SSSR count). The summed E-state index contributed by atoms with van der Waals surface area (Å²) in [4.78, 5) is 24.5. The normalized spacial score (nSPS) is 11.1. The number of rotatable bonds is 19. The minimum absolute atomic E-state index is 0.314. The summed E-state index contributed by atoms with van der Waals surface area (Å²) in [6.45, 7) is 7.22. The van der Waals surface area contributed by atoms with Crippen LogP contribution in [0.4, 0.5) is 0 Å². The minimum atomic E-state index is -0.669. The number of amides is 1. The number of carboxylic acids is 1. The van der Waals surface area contributed by atoms with E-state index in [-0.39, 0.29) is 0 Å². The lowest BCUT2D eigenvalue weighted by Crippen LogP contribution is -2.37. The Labute approximate surface area is 168 Å². The maximum atomic E-state index is 12.1. The van der Waals surface area contributed by atoms with Crippen molar-refractivity contribution in [3.63, 3.8) is 0 Å². The quantitative estimate of drug-likeness (QED) is 0.257. The maximum absolute atomic E-state index is 12.1. The molecule has 0 spiro atoms. The maximum Gasteiger partial charge on any atom is 0.303 e. The summed E-state index contributed by atoms with van der Waals surface area (Å²) < 4.78 is 0. The van der Waals surface area contributed by atoms with Crippen molar-refractivity contribution in [1.82, 2.24) is 4.90 Å². The van der Waals surface area contributed by atoms with E-state index in [1.807, 2.05) is 4.90 Å². The lowest BCUT2D eigenvalue weighted by molar-refractivity contribution is -0.137. The lowest BCUT2D eigenvalue weighted by Gasteiger charge is -2.26. The molecule has 0 aromatic carbocycles. The minimum Gasteiger partial charge on any atom is -0.481 e. The molecule has 0 unspecified atom stereocenters. The first kappa shape index (κ1) is 25.9. The second-order valence-electron chi connectivity index (χ2n) is 8.17. The Balaban J connectivity index is 3.37. The van der Waals surface area contributed by atoms with Gasteiger partial charge in [0.2, 0.25) is 5.91 Å². The van der Waals surface area contributed by atoms with Crippen molar-refractivity contribution in [3.8, 4) is 0 Å². The first-order chi connectivity index (χ1) is 13.0. The summed E-state index contributed by atoms with van der Waals surface area (Å²) >= 11 is 0.